The van der Waals surface area contributed by atoms with Crippen LogP contribution in [0.1, 0.15) is 25.3 Å². The van der Waals surface area contributed by atoms with Crippen LogP contribution in [0, 0.1) is 0 Å². The Morgan fingerprint density at radius 1 is 1.39 bits per heavy atom. The van der Waals surface area contributed by atoms with E-state index in [0.29, 0.717) is 6.42 Å². The number of benzene rings is 1. The smallest absolute Gasteiger partial charge is 0.242 e. The Balaban J connectivity index is 3.07. The van der Waals surface area contributed by atoms with Crippen LogP contribution in [-0.4, -0.2) is 24.5 Å². The monoisotopic (exact) mass is 266 g/mol. The molecule has 1 aromatic rings. The van der Waals surface area contributed by atoms with E-state index >= 15 is 0 Å². The number of hydrogen-bond acceptors (Lipinski definition) is 3. The zero-order valence-corrected chi connectivity index (χ0v) is 11.9. The predicted molar refractivity (Wildman–Crippen MR) is 78.6 cm³/mol. The van der Waals surface area contributed by atoms with Crippen LogP contribution in [0.5, 0.6) is 0 Å². The van der Waals surface area contributed by atoms with Gasteiger partial charge in [-0.25, -0.2) is 0 Å². The molecule has 0 radical (unpaired) electrons. The molecule has 0 saturated carbocycles. The molecule has 0 heterocycles. The highest BCUT2D eigenvalue weighted by molar-refractivity contribution is 7.98. The number of amides is 1. The van der Waals surface area contributed by atoms with Gasteiger partial charge in [0.05, 0.1) is 0 Å². The number of nitrogens with one attached hydrogen (secondary N) is 1. The van der Waals surface area contributed by atoms with Crippen LogP contribution in [0.3, 0.4) is 0 Å². The Kier molecular flexibility index (Phi) is 6.22. The molecule has 0 bridgehead atoms. The molecule has 0 aliphatic rings. The number of primary amides is 1. The molecule has 0 aliphatic carbocycles. The molecule has 0 aliphatic heterocycles. The van der Waals surface area contributed by atoms with Crippen LogP contribution in [0.25, 0.3) is 0 Å². The van der Waals surface area contributed by atoms with Crippen LogP contribution < -0.4 is 11.1 Å². The summed E-state index contributed by atoms with van der Waals surface area (Å²) in [5.74, 6) is 0.602. The first-order valence-electron chi connectivity index (χ1n) is 6.26. The molecule has 3 nitrogen and oxygen atoms in total. The minimum absolute atomic E-state index is 0.295. The maximum absolute atomic E-state index is 12.0. The molecule has 0 spiro atoms. The van der Waals surface area contributed by atoms with Gasteiger partial charge in [0.1, 0.15) is 5.54 Å². The van der Waals surface area contributed by atoms with Gasteiger partial charge in [-0.05, 0) is 37.0 Å². The molecule has 100 valence electrons. The summed E-state index contributed by atoms with van der Waals surface area (Å²) in [6.45, 7) is 2.87. The summed E-state index contributed by atoms with van der Waals surface area (Å²) in [4.78, 5) is 12.0. The first kappa shape index (κ1) is 15.1. The number of carbonyl (C=O) groups excluding carboxylic acids is 1. The molecule has 1 unspecified atom stereocenters. The zero-order valence-electron chi connectivity index (χ0n) is 11.1. The van der Waals surface area contributed by atoms with Gasteiger partial charge in [-0.15, -0.1) is 0 Å². The number of carbonyl (C=O) groups is 1. The minimum atomic E-state index is -0.736. The van der Waals surface area contributed by atoms with Gasteiger partial charge in [0.25, 0.3) is 0 Å². The van der Waals surface area contributed by atoms with Gasteiger partial charge in [0.15, 0.2) is 0 Å². The first-order valence-corrected chi connectivity index (χ1v) is 7.66. The lowest BCUT2D eigenvalue weighted by Gasteiger charge is -2.32. The molecule has 1 rings (SSSR count). The molecule has 18 heavy (non-hydrogen) atoms. The zero-order chi connectivity index (χ0) is 13.4. The Hall–Kier alpha value is -1.00. The predicted octanol–water partition coefficient (Wildman–Crippen LogP) is 2.12. The quantitative estimate of drug-likeness (QED) is 0.758. The third-order valence-corrected chi connectivity index (χ3v) is 3.66. The SMILES string of the molecule is CCCNC(CCSC)(C(N)=O)c1ccccc1. The van der Waals surface area contributed by atoms with Gasteiger partial charge >= 0.3 is 0 Å². The molecular weight excluding hydrogens is 244 g/mol. The Labute approximate surface area is 114 Å². The topological polar surface area (TPSA) is 55.1 Å². The van der Waals surface area contributed by atoms with Crippen molar-refractivity contribution in [2.24, 2.45) is 5.73 Å². The highest BCUT2D eigenvalue weighted by Crippen LogP contribution is 2.26. The van der Waals surface area contributed by atoms with E-state index in [4.69, 9.17) is 5.73 Å². The maximum Gasteiger partial charge on any atom is 0.242 e. The van der Waals surface area contributed by atoms with E-state index in [2.05, 4.69) is 12.2 Å². The Bertz CT molecular complexity index is 359. The van der Waals surface area contributed by atoms with Crippen molar-refractivity contribution in [2.75, 3.05) is 18.6 Å². The largest absolute Gasteiger partial charge is 0.368 e. The van der Waals surface area contributed by atoms with Gasteiger partial charge < -0.3 is 5.73 Å². The Morgan fingerprint density at radius 2 is 2.06 bits per heavy atom. The van der Waals surface area contributed by atoms with E-state index in [1.54, 1.807) is 11.8 Å². The van der Waals surface area contributed by atoms with E-state index < -0.39 is 5.54 Å². The lowest BCUT2D eigenvalue weighted by molar-refractivity contribution is -0.125. The summed E-state index contributed by atoms with van der Waals surface area (Å²) in [5, 5.41) is 3.35. The molecule has 0 saturated heterocycles. The van der Waals surface area contributed by atoms with E-state index in [9.17, 15) is 4.79 Å². The summed E-state index contributed by atoms with van der Waals surface area (Å²) in [6.07, 6.45) is 3.73. The fourth-order valence-corrected chi connectivity index (χ4v) is 2.51. The van der Waals surface area contributed by atoms with Crippen LogP contribution in [0.4, 0.5) is 0 Å². The van der Waals surface area contributed by atoms with E-state index in [1.807, 2.05) is 36.6 Å². The molecule has 1 amide bonds. The van der Waals surface area contributed by atoms with Gasteiger partial charge in [-0.2, -0.15) is 11.8 Å². The molecule has 1 aromatic carbocycles. The molecule has 0 fully saturated rings. The van der Waals surface area contributed by atoms with Crippen molar-refractivity contribution >= 4 is 17.7 Å². The standard InChI is InChI=1S/C14H22N2OS/c1-3-10-16-14(13(15)17,9-11-18-2)12-7-5-4-6-8-12/h4-8,16H,3,9-11H2,1-2H3,(H2,15,17). The number of nitrogens with two attached hydrogens (primary N) is 1. The van der Waals surface area contributed by atoms with Crippen molar-refractivity contribution in [1.29, 1.82) is 0 Å². The van der Waals surface area contributed by atoms with Crippen LogP contribution in [0.2, 0.25) is 0 Å². The first-order chi connectivity index (χ1) is 8.67. The Morgan fingerprint density at radius 3 is 2.56 bits per heavy atom. The van der Waals surface area contributed by atoms with Crippen molar-refractivity contribution in [2.45, 2.75) is 25.3 Å². The van der Waals surface area contributed by atoms with Gasteiger partial charge in [-0.3, -0.25) is 10.1 Å². The normalized spacial score (nSPS) is 14.1. The summed E-state index contributed by atoms with van der Waals surface area (Å²) < 4.78 is 0. The number of thioether (sulfide) groups is 1. The highest BCUT2D eigenvalue weighted by Gasteiger charge is 2.37. The molecule has 3 N–H and O–H groups in total. The number of hydrogen-bond donors (Lipinski definition) is 2. The average molecular weight is 266 g/mol. The van der Waals surface area contributed by atoms with Crippen molar-refractivity contribution in [3.63, 3.8) is 0 Å². The summed E-state index contributed by atoms with van der Waals surface area (Å²) >= 11 is 1.73. The average Bonchev–Trinajstić information content (AvgIpc) is 2.40. The van der Waals surface area contributed by atoms with E-state index in [1.165, 1.54) is 0 Å². The van der Waals surface area contributed by atoms with E-state index in [-0.39, 0.29) is 5.91 Å². The van der Waals surface area contributed by atoms with Crippen molar-refractivity contribution in [1.82, 2.24) is 5.32 Å². The lowest BCUT2D eigenvalue weighted by Crippen LogP contribution is -2.53. The van der Waals surface area contributed by atoms with Crippen LogP contribution >= 0.6 is 11.8 Å². The third-order valence-electron chi connectivity index (χ3n) is 3.05. The minimum Gasteiger partial charge on any atom is -0.368 e. The summed E-state index contributed by atoms with van der Waals surface area (Å²) in [5.41, 5.74) is 5.90. The van der Waals surface area contributed by atoms with Gasteiger partial charge in [-0.1, -0.05) is 37.3 Å². The fourth-order valence-electron chi connectivity index (χ4n) is 2.00. The highest BCUT2D eigenvalue weighted by atomic mass is 32.2. The van der Waals surface area contributed by atoms with Crippen molar-refractivity contribution in [3.8, 4) is 0 Å². The second-order valence-electron chi connectivity index (χ2n) is 4.31. The van der Waals surface area contributed by atoms with Gasteiger partial charge in [0.2, 0.25) is 5.91 Å². The van der Waals surface area contributed by atoms with Crippen LogP contribution in [-0.2, 0) is 10.3 Å². The fraction of sp³-hybridized carbons (Fsp3) is 0.500. The van der Waals surface area contributed by atoms with Gasteiger partial charge in [0, 0.05) is 0 Å². The molecular formula is C14H22N2OS. The van der Waals surface area contributed by atoms with Crippen LogP contribution in [0.15, 0.2) is 30.3 Å². The summed E-state index contributed by atoms with van der Waals surface area (Å²) in [7, 11) is 0. The second kappa shape index (κ2) is 7.44. The molecule has 0 aromatic heterocycles. The van der Waals surface area contributed by atoms with Crippen molar-refractivity contribution < 1.29 is 4.79 Å². The number of rotatable bonds is 8. The van der Waals surface area contributed by atoms with Crippen molar-refractivity contribution in [3.05, 3.63) is 35.9 Å². The third kappa shape index (κ3) is 3.50. The second-order valence-corrected chi connectivity index (χ2v) is 5.29. The van der Waals surface area contributed by atoms with E-state index in [0.717, 1.165) is 24.3 Å². The maximum atomic E-state index is 12.0. The summed E-state index contributed by atoms with van der Waals surface area (Å²) in [6, 6.07) is 9.77. The lowest BCUT2D eigenvalue weighted by atomic mass is 9.86. The molecule has 4 heteroatoms. The molecule has 1 atom stereocenters.